The second-order valence-corrected chi connectivity index (χ2v) is 7.46. The number of benzene rings is 1. The monoisotopic (exact) mass is 296 g/mol. The van der Waals surface area contributed by atoms with Gasteiger partial charge < -0.3 is 10.5 Å². The first-order valence-corrected chi connectivity index (χ1v) is 8.33. The van der Waals surface area contributed by atoms with Crippen LogP contribution in [0.1, 0.15) is 24.9 Å². The molecule has 0 radical (unpaired) electrons. The molecule has 0 unspecified atom stereocenters. The number of nitrogens with zero attached hydrogens (tertiary/aromatic N) is 1. The molecule has 1 aromatic carbocycles. The highest BCUT2D eigenvalue weighted by Crippen LogP contribution is 2.38. The average Bonchev–Trinajstić information content (AvgIpc) is 2.79. The van der Waals surface area contributed by atoms with E-state index in [2.05, 4.69) is 0 Å². The predicted octanol–water partition coefficient (Wildman–Crippen LogP) is 1.25. The summed E-state index contributed by atoms with van der Waals surface area (Å²) in [5.74, 6) is -0.154. The van der Waals surface area contributed by atoms with Gasteiger partial charge in [-0.2, -0.15) is 0 Å². The lowest BCUT2D eigenvalue weighted by Gasteiger charge is -2.25. The number of hydrogen-bond donors (Lipinski definition) is 1. The minimum Gasteiger partial charge on any atom is -0.399 e. The lowest BCUT2D eigenvalue weighted by Crippen LogP contribution is -2.24. The SMILES string of the molecule is CCS(=O)(=O)c1ccc(N)cc1[C@@H]1[C@H](C=O)CCN1C. The van der Waals surface area contributed by atoms with E-state index in [0.717, 1.165) is 19.3 Å². The van der Waals surface area contributed by atoms with Crippen molar-refractivity contribution in [1.82, 2.24) is 4.90 Å². The van der Waals surface area contributed by atoms with Crippen molar-refractivity contribution < 1.29 is 13.2 Å². The number of nitrogen functional groups attached to an aromatic ring is 1. The Morgan fingerprint density at radius 2 is 2.15 bits per heavy atom. The van der Waals surface area contributed by atoms with Gasteiger partial charge in [-0.3, -0.25) is 4.90 Å². The Morgan fingerprint density at radius 3 is 2.75 bits per heavy atom. The van der Waals surface area contributed by atoms with E-state index in [9.17, 15) is 13.2 Å². The Hall–Kier alpha value is -1.40. The van der Waals surface area contributed by atoms with Gasteiger partial charge in [-0.05, 0) is 43.8 Å². The third-order valence-corrected chi connectivity index (χ3v) is 5.74. The van der Waals surface area contributed by atoms with Gasteiger partial charge in [0.15, 0.2) is 9.84 Å². The molecular weight excluding hydrogens is 276 g/mol. The van der Waals surface area contributed by atoms with E-state index in [0.29, 0.717) is 16.1 Å². The Kier molecular flexibility index (Phi) is 4.15. The van der Waals surface area contributed by atoms with E-state index in [-0.39, 0.29) is 17.7 Å². The van der Waals surface area contributed by atoms with Crippen LogP contribution in [0.2, 0.25) is 0 Å². The average molecular weight is 296 g/mol. The maximum Gasteiger partial charge on any atom is 0.178 e. The Bertz CT molecular complexity index is 613. The van der Waals surface area contributed by atoms with Crippen LogP contribution >= 0.6 is 0 Å². The van der Waals surface area contributed by atoms with Gasteiger partial charge in [-0.1, -0.05) is 6.92 Å². The Morgan fingerprint density at radius 1 is 1.45 bits per heavy atom. The molecule has 1 aromatic rings. The van der Waals surface area contributed by atoms with Gasteiger partial charge in [0.2, 0.25) is 0 Å². The van der Waals surface area contributed by atoms with Crippen LogP contribution in [0.5, 0.6) is 0 Å². The number of aldehydes is 1. The molecule has 110 valence electrons. The molecule has 2 atom stereocenters. The molecule has 6 heteroatoms. The van der Waals surface area contributed by atoms with Crippen molar-refractivity contribution in [3.8, 4) is 0 Å². The van der Waals surface area contributed by atoms with Crippen LogP contribution in [0.15, 0.2) is 23.1 Å². The van der Waals surface area contributed by atoms with Crippen LogP contribution in [0.4, 0.5) is 5.69 Å². The molecule has 5 nitrogen and oxygen atoms in total. The summed E-state index contributed by atoms with van der Waals surface area (Å²) in [6, 6.07) is 4.62. The number of hydrogen-bond acceptors (Lipinski definition) is 5. The number of carbonyl (C=O) groups is 1. The molecule has 1 aliphatic rings. The summed E-state index contributed by atoms with van der Waals surface area (Å²) in [5.41, 5.74) is 6.97. The molecule has 1 heterocycles. The maximum absolute atomic E-state index is 12.2. The van der Waals surface area contributed by atoms with Crippen LogP contribution in [-0.2, 0) is 14.6 Å². The number of carbonyl (C=O) groups excluding carboxylic acids is 1. The van der Waals surface area contributed by atoms with E-state index < -0.39 is 9.84 Å². The fraction of sp³-hybridized carbons (Fsp3) is 0.500. The normalized spacial score (nSPS) is 23.9. The largest absolute Gasteiger partial charge is 0.399 e. The predicted molar refractivity (Wildman–Crippen MR) is 78.1 cm³/mol. The zero-order valence-electron chi connectivity index (χ0n) is 11.7. The zero-order valence-corrected chi connectivity index (χ0v) is 12.6. The minimum absolute atomic E-state index is 0.0338. The molecule has 0 spiro atoms. The summed E-state index contributed by atoms with van der Waals surface area (Å²) in [7, 11) is -1.43. The molecular formula is C14H20N2O3S. The van der Waals surface area contributed by atoms with Crippen molar-refractivity contribution in [1.29, 1.82) is 0 Å². The zero-order chi connectivity index (χ0) is 14.9. The first-order chi connectivity index (χ1) is 9.40. The van der Waals surface area contributed by atoms with Gasteiger partial charge >= 0.3 is 0 Å². The molecule has 1 fully saturated rings. The van der Waals surface area contributed by atoms with Crippen molar-refractivity contribution in [2.24, 2.45) is 5.92 Å². The topological polar surface area (TPSA) is 80.5 Å². The molecule has 1 aliphatic heterocycles. The third kappa shape index (κ3) is 2.58. The number of likely N-dealkylation sites (tertiary alicyclic amines) is 1. The molecule has 0 aromatic heterocycles. The molecule has 0 aliphatic carbocycles. The number of rotatable bonds is 4. The first kappa shape index (κ1) is 15.0. The Balaban J connectivity index is 2.60. The summed E-state index contributed by atoms with van der Waals surface area (Å²) in [4.78, 5) is 13.6. The van der Waals surface area contributed by atoms with E-state index in [1.807, 2.05) is 11.9 Å². The van der Waals surface area contributed by atoms with Crippen molar-refractivity contribution in [2.45, 2.75) is 24.3 Å². The highest BCUT2D eigenvalue weighted by atomic mass is 32.2. The van der Waals surface area contributed by atoms with Crippen LogP contribution in [0.3, 0.4) is 0 Å². The quantitative estimate of drug-likeness (QED) is 0.668. The fourth-order valence-corrected chi connectivity index (χ4v) is 3.95. The standard InChI is InChI=1S/C14H20N2O3S/c1-3-20(18,19)13-5-4-11(15)8-12(13)14-10(9-17)6-7-16(14)2/h4-5,8-10,14H,3,6-7,15H2,1-2H3/t10-,14-/m0/s1. The van der Waals surface area contributed by atoms with Crippen LogP contribution in [0.25, 0.3) is 0 Å². The molecule has 2 rings (SSSR count). The molecule has 0 saturated carbocycles. The van der Waals surface area contributed by atoms with Crippen LogP contribution in [0, 0.1) is 5.92 Å². The van der Waals surface area contributed by atoms with Crippen molar-refractivity contribution >= 4 is 21.8 Å². The smallest absolute Gasteiger partial charge is 0.178 e. The van der Waals surface area contributed by atoms with Crippen LogP contribution in [-0.4, -0.2) is 38.9 Å². The van der Waals surface area contributed by atoms with E-state index in [1.165, 1.54) is 0 Å². The number of nitrogens with two attached hydrogens (primary N) is 1. The van der Waals surface area contributed by atoms with Gasteiger partial charge in [0.25, 0.3) is 0 Å². The van der Waals surface area contributed by atoms with Gasteiger partial charge in [0.05, 0.1) is 10.6 Å². The van der Waals surface area contributed by atoms with Gasteiger partial charge in [-0.25, -0.2) is 8.42 Å². The van der Waals surface area contributed by atoms with Gasteiger partial charge in [0, 0.05) is 17.6 Å². The molecule has 2 N–H and O–H groups in total. The maximum atomic E-state index is 12.2. The first-order valence-electron chi connectivity index (χ1n) is 6.68. The molecule has 0 bridgehead atoms. The van der Waals surface area contributed by atoms with Crippen molar-refractivity contribution in [3.05, 3.63) is 23.8 Å². The van der Waals surface area contributed by atoms with E-state index in [4.69, 9.17) is 5.73 Å². The van der Waals surface area contributed by atoms with Gasteiger partial charge in [0.1, 0.15) is 6.29 Å². The van der Waals surface area contributed by atoms with Gasteiger partial charge in [-0.15, -0.1) is 0 Å². The summed E-state index contributed by atoms with van der Waals surface area (Å²) in [5, 5.41) is 0. The lowest BCUT2D eigenvalue weighted by atomic mass is 9.94. The van der Waals surface area contributed by atoms with E-state index >= 15 is 0 Å². The summed E-state index contributed by atoms with van der Waals surface area (Å²) >= 11 is 0. The summed E-state index contributed by atoms with van der Waals surface area (Å²) in [6.45, 7) is 2.39. The van der Waals surface area contributed by atoms with Crippen LogP contribution < -0.4 is 5.73 Å². The molecule has 0 amide bonds. The Labute approximate surface area is 119 Å². The molecule has 20 heavy (non-hydrogen) atoms. The number of sulfone groups is 1. The molecule has 1 saturated heterocycles. The highest BCUT2D eigenvalue weighted by molar-refractivity contribution is 7.91. The van der Waals surface area contributed by atoms with Crippen molar-refractivity contribution in [3.63, 3.8) is 0 Å². The highest BCUT2D eigenvalue weighted by Gasteiger charge is 2.36. The summed E-state index contributed by atoms with van der Waals surface area (Å²) in [6.07, 6.45) is 1.66. The fourth-order valence-electron chi connectivity index (χ4n) is 2.82. The van der Waals surface area contributed by atoms with E-state index in [1.54, 1.807) is 25.1 Å². The minimum atomic E-state index is -3.34. The van der Waals surface area contributed by atoms with Crippen molar-refractivity contribution in [2.75, 3.05) is 25.1 Å². The lowest BCUT2D eigenvalue weighted by molar-refractivity contribution is -0.111. The second kappa shape index (κ2) is 5.54. The second-order valence-electron chi connectivity index (χ2n) is 5.21. The number of anilines is 1. The third-order valence-electron chi connectivity index (χ3n) is 3.94. The summed E-state index contributed by atoms with van der Waals surface area (Å²) < 4.78 is 24.5.